The van der Waals surface area contributed by atoms with E-state index in [4.69, 9.17) is 29.6 Å². The second-order valence-electron chi connectivity index (χ2n) is 3.54. The van der Waals surface area contributed by atoms with Gasteiger partial charge in [0, 0.05) is 16.8 Å². The number of anilines is 2. The molecule has 1 heterocycles. The van der Waals surface area contributed by atoms with Crippen LogP contribution < -0.4 is 11.1 Å². The molecule has 1 aromatic carbocycles. The first kappa shape index (κ1) is 12.7. The molecule has 0 saturated heterocycles. The monoisotopic (exact) mass is 281 g/mol. The highest BCUT2D eigenvalue weighted by atomic mass is 35.5. The lowest BCUT2D eigenvalue weighted by atomic mass is 10.2. The molecule has 6 heteroatoms. The molecule has 0 aliphatic carbocycles. The lowest BCUT2D eigenvalue weighted by molar-refractivity contribution is 0.632. The van der Waals surface area contributed by atoms with Gasteiger partial charge in [-0.3, -0.25) is 0 Å². The van der Waals surface area contributed by atoms with E-state index in [2.05, 4.69) is 10.3 Å². The van der Waals surface area contributed by atoms with Crippen molar-refractivity contribution in [3.05, 3.63) is 52.9 Å². The van der Waals surface area contributed by atoms with Crippen molar-refractivity contribution in [3.8, 4) is 0 Å². The van der Waals surface area contributed by atoms with E-state index in [1.54, 1.807) is 24.4 Å². The third-order valence-electron chi connectivity index (χ3n) is 2.24. The van der Waals surface area contributed by atoms with Crippen molar-refractivity contribution in [3.63, 3.8) is 0 Å². The highest BCUT2D eigenvalue weighted by molar-refractivity contribution is 7.80. The van der Waals surface area contributed by atoms with E-state index in [1.807, 2.05) is 0 Å². The number of nitrogens with one attached hydrogen (secondary N) is 1. The van der Waals surface area contributed by atoms with Crippen LogP contribution in [0.2, 0.25) is 5.02 Å². The average Bonchev–Trinajstić information content (AvgIpc) is 2.33. The molecule has 0 aliphatic rings. The van der Waals surface area contributed by atoms with Crippen LogP contribution in [-0.2, 0) is 0 Å². The summed E-state index contributed by atoms with van der Waals surface area (Å²) in [6.45, 7) is 0. The van der Waals surface area contributed by atoms with Gasteiger partial charge in [0.15, 0.2) is 0 Å². The molecular formula is C12H9ClFN3S. The first-order valence-corrected chi connectivity index (χ1v) is 5.83. The lowest BCUT2D eigenvalue weighted by Gasteiger charge is -2.08. The molecule has 0 amide bonds. The fourth-order valence-corrected chi connectivity index (χ4v) is 1.67. The first-order valence-electron chi connectivity index (χ1n) is 5.04. The summed E-state index contributed by atoms with van der Waals surface area (Å²) in [6.07, 6.45) is 1.55. The number of aromatic nitrogens is 1. The highest BCUT2D eigenvalue weighted by Crippen LogP contribution is 2.22. The number of nitrogens with two attached hydrogens (primary N) is 1. The van der Waals surface area contributed by atoms with Crippen LogP contribution >= 0.6 is 23.8 Å². The Kier molecular flexibility index (Phi) is 3.74. The Morgan fingerprint density at radius 1 is 1.33 bits per heavy atom. The zero-order valence-electron chi connectivity index (χ0n) is 9.15. The first-order chi connectivity index (χ1) is 8.56. The van der Waals surface area contributed by atoms with Crippen molar-refractivity contribution < 1.29 is 4.39 Å². The molecule has 0 unspecified atom stereocenters. The number of thiocarbonyl (C=S) groups is 1. The Balaban J connectivity index is 2.28. The summed E-state index contributed by atoms with van der Waals surface area (Å²) in [6, 6.07) is 7.68. The van der Waals surface area contributed by atoms with Gasteiger partial charge >= 0.3 is 0 Å². The molecule has 0 atom stereocenters. The number of halogens is 2. The minimum Gasteiger partial charge on any atom is -0.389 e. The predicted molar refractivity (Wildman–Crippen MR) is 74.8 cm³/mol. The van der Waals surface area contributed by atoms with E-state index in [0.717, 1.165) is 0 Å². The Labute approximate surface area is 114 Å². The van der Waals surface area contributed by atoms with Crippen LogP contribution in [0.25, 0.3) is 0 Å². The Morgan fingerprint density at radius 3 is 2.78 bits per heavy atom. The molecule has 0 radical (unpaired) electrons. The third-order valence-corrected chi connectivity index (χ3v) is 2.71. The maximum Gasteiger partial charge on any atom is 0.148 e. The zero-order chi connectivity index (χ0) is 13.1. The second kappa shape index (κ2) is 5.29. The van der Waals surface area contributed by atoms with Crippen LogP contribution in [0, 0.1) is 5.82 Å². The summed E-state index contributed by atoms with van der Waals surface area (Å²) < 4.78 is 13.6. The van der Waals surface area contributed by atoms with Crippen molar-refractivity contribution >= 4 is 40.3 Å². The summed E-state index contributed by atoms with van der Waals surface area (Å²) in [5.74, 6) is 0.00607. The van der Waals surface area contributed by atoms with Crippen LogP contribution in [0.4, 0.5) is 15.9 Å². The summed E-state index contributed by atoms with van der Waals surface area (Å²) >= 11 is 10.5. The molecule has 18 heavy (non-hydrogen) atoms. The summed E-state index contributed by atoms with van der Waals surface area (Å²) in [7, 11) is 0. The van der Waals surface area contributed by atoms with Crippen molar-refractivity contribution in [1.29, 1.82) is 0 Å². The highest BCUT2D eigenvalue weighted by Gasteiger charge is 2.05. The number of pyridine rings is 1. The quantitative estimate of drug-likeness (QED) is 0.848. The van der Waals surface area contributed by atoms with Crippen LogP contribution in [0.1, 0.15) is 5.56 Å². The number of benzene rings is 1. The van der Waals surface area contributed by atoms with Crippen molar-refractivity contribution in [2.75, 3.05) is 5.32 Å². The predicted octanol–water partition coefficient (Wildman–Crippen LogP) is 3.25. The second-order valence-corrected chi connectivity index (χ2v) is 4.42. The fraction of sp³-hybridized carbons (Fsp3) is 0. The van der Waals surface area contributed by atoms with E-state index < -0.39 is 5.82 Å². The maximum absolute atomic E-state index is 13.6. The molecular weight excluding hydrogens is 273 g/mol. The van der Waals surface area contributed by atoms with Gasteiger partial charge in [-0.25, -0.2) is 9.37 Å². The molecule has 0 saturated carbocycles. The molecule has 3 N–H and O–H groups in total. The largest absolute Gasteiger partial charge is 0.389 e. The lowest BCUT2D eigenvalue weighted by Crippen LogP contribution is -2.10. The summed E-state index contributed by atoms with van der Waals surface area (Å²) in [5.41, 5.74) is 6.46. The standard InChI is InChI=1S/C12H9ClFN3S/c13-8-1-2-10(9(14)6-8)17-11-5-7(12(15)18)3-4-16-11/h1-6H,(H2,15,18)(H,16,17). The van der Waals surface area contributed by atoms with Gasteiger partial charge in [-0.2, -0.15) is 0 Å². The molecule has 2 rings (SSSR count). The van der Waals surface area contributed by atoms with Gasteiger partial charge in [-0.15, -0.1) is 0 Å². The molecule has 3 nitrogen and oxygen atoms in total. The molecule has 0 aliphatic heterocycles. The normalized spacial score (nSPS) is 10.1. The number of hydrogen-bond acceptors (Lipinski definition) is 3. The van der Waals surface area contributed by atoms with Crippen LogP contribution in [0.3, 0.4) is 0 Å². The molecule has 0 spiro atoms. The minimum absolute atomic E-state index is 0.261. The van der Waals surface area contributed by atoms with E-state index >= 15 is 0 Å². The number of hydrogen-bond donors (Lipinski definition) is 2. The number of rotatable bonds is 3. The summed E-state index contributed by atoms with van der Waals surface area (Å²) in [4.78, 5) is 4.32. The smallest absolute Gasteiger partial charge is 0.148 e. The maximum atomic E-state index is 13.6. The molecule has 2 aromatic rings. The van der Waals surface area contributed by atoms with Gasteiger partial charge in [-0.05, 0) is 30.3 Å². The molecule has 0 bridgehead atoms. The van der Waals surface area contributed by atoms with Gasteiger partial charge in [-0.1, -0.05) is 23.8 Å². The van der Waals surface area contributed by atoms with Gasteiger partial charge in [0.1, 0.15) is 16.6 Å². The van der Waals surface area contributed by atoms with Crippen molar-refractivity contribution in [2.24, 2.45) is 5.73 Å². The van der Waals surface area contributed by atoms with Crippen molar-refractivity contribution in [2.45, 2.75) is 0 Å². The van der Waals surface area contributed by atoms with E-state index in [-0.39, 0.29) is 10.7 Å². The van der Waals surface area contributed by atoms with Crippen LogP contribution in [0.5, 0.6) is 0 Å². The van der Waals surface area contributed by atoms with Crippen LogP contribution in [0.15, 0.2) is 36.5 Å². The number of nitrogens with zero attached hydrogens (tertiary/aromatic N) is 1. The Bertz CT molecular complexity index is 604. The average molecular weight is 282 g/mol. The van der Waals surface area contributed by atoms with E-state index in [1.165, 1.54) is 12.1 Å². The van der Waals surface area contributed by atoms with Gasteiger partial charge < -0.3 is 11.1 Å². The topological polar surface area (TPSA) is 50.9 Å². The van der Waals surface area contributed by atoms with Gasteiger partial charge in [0.2, 0.25) is 0 Å². The zero-order valence-corrected chi connectivity index (χ0v) is 10.7. The fourth-order valence-electron chi connectivity index (χ4n) is 1.38. The van der Waals surface area contributed by atoms with Gasteiger partial charge in [0.05, 0.1) is 5.69 Å². The molecule has 92 valence electrons. The Morgan fingerprint density at radius 2 is 2.11 bits per heavy atom. The van der Waals surface area contributed by atoms with E-state index in [9.17, 15) is 4.39 Å². The van der Waals surface area contributed by atoms with Gasteiger partial charge in [0.25, 0.3) is 0 Å². The molecule has 0 fully saturated rings. The van der Waals surface area contributed by atoms with Crippen molar-refractivity contribution in [1.82, 2.24) is 4.98 Å². The Hall–Kier alpha value is -1.72. The third kappa shape index (κ3) is 2.94. The van der Waals surface area contributed by atoms with Crippen LogP contribution in [-0.4, -0.2) is 9.97 Å². The summed E-state index contributed by atoms with van der Waals surface area (Å²) in [5, 5.41) is 3.17. The minimum atomic E-state index is -0.454. The van der Waals surface area contributed by atoms with E-state index in [0.29, 0.717) is 16.4 Å². The SMILES string of the molecule is NC(=S)c1ccnc(Nc2ccc(Cl)cc2F)c1. The molecule has 1 aromatic heterocycles.